The molecule has 1 aromatic rings. The number of hydrogen-bond donors (Lipinski definition) is 2. The van der Waals surface area contributed by atoms with Crippen molar-refractivity contribution in [1.29, 1.82) is 0 Å². The van der Waals surface area contributed by atoms with E-state index in [1.807, 2.05) is 13.0 Å². The van der Waals surface area contributed by atoms with Gasteiger partial charge in [-0.15, -0.1) is 0 Å². The standard InChI is InChI=1S/C10H15ClN2O2S/c1-8-3-4-9(11)10(7-8)13-16(14,15)6-5-12-2/h3-4,7,12-13H,5-6H2,1-2H3. The third-order valence-corrected chi connectivity index (χ3v) is 3.61. The second-order valence-corrected chi connectivity index (χ2v) is 5.76. The number of nitrogens with one attached hydrogen (secondary N) is 2. The molecule has 0 aliphatic rings. The maximum atomic E-state index is 11.6. The predicted octanol–water partition coefficient (Wildman–Crippen LogP) is 1.61. The highest BCUT2D eigenvalue weighted by Crippen LogP contribution is 2.23. The van der Waals surface area contributed by atoms with Gasteiger partial charge in [0.15, 0.2) is 0 Å². The van der Waals surface area contributed by atoms with Crippen LogP contribution in [0.2, 0.25) is 5.02 Å². The summed E-state index contributed by atoms with van der Waals surface area (Å²) in [6.45, 7) is 2.28. The predicted molar refractivity (Wildman–Crippen MR) is 67.5 cm³/mol. The molecule has 0 aliphatic carbocycles. The van der Waals surface area contributed by atoms with Crippen molar-refractivity contribution in [3.63, 3.8) is 0 Å². The zero-order valence-electron chi connectivity index (χ0n) is 9.25. The Hall–Kier alpha value is -0.780. The average molecular weight is 263 g/mol. The molecule has 0 saturated carbocycles. The third kappa shape index (κ3) is 4.00. The van der Waals surface area contributed by atoms with Gasteiger partial charge in [0.25, 0.3) is 0 Å². The van der Waals surface area contributed by atoms with Crippen molar-refractivity contribution < 1.29 is 8.42 Å². The van der Waals surface area contributed by atoms with Crippen molar-refractivity contribution in [3.8, 4) is 0 Å². The van der Waals surface area contributed by atoms with Gasteiger partial charge in [0, 0.05) is 6.54 Å². The first kappa shape index (κ1) is 13.3. The Balaban J connectivity index is 2.83. The lowest BCUT2D eigenvalue weighted by molar-refractivity contribution is 0.599. The fraction of sp³-hybridized carbons (Fsp3) is 0.400. The van der Waals surface area contributed by atoms with Crippen LogP contribution >= 0.6 is 11.6 Å². The zero-order chi connectivity index (χ0) is 12.2. The molecule has 16 heavy (non-hydrogen) atoms. The minimum Gasteiger partial charge on any atom is -0.319 e. The van der Waals surface area contributed by atoms with Crippen LogP contribution in [0, 0.1) is 6.92 Å². The Morgan fingerprint density at radius 2 is 2.06 bits per heavy atom. The summed E-state index contributed by atoms with van der Waals surface area (Å²) in [6, 6.07) is 5.21. The Morgan fingerprint density at radius 1 is 1.38 bits per heavy atom. The molecule has 0 saturated heterocycles. The molecule has 6 heteroatoms. The molecular formula is C10H15ClN2O2S. The quantitative estimate of drug-likeness (QED) is 0.848. The monoisotopic (exact) mass is 262 g/mol. The van der Waals surface area contributed by atoms with E-state index in [1.54, 1.807) is 19.2 Å². The molecule has 4 nitrogen and oxygen atoms in total. The summed E-state index contributed by atoms with van der Waals surface area (Å²) in [6.07, 6.45) is 0. The van der Waals surface area contributed by atoms with Gasteiger partial charge in [0.2, 0.25) is 10.0 Å². The molecule has 1 rings (SSSR count). The SMILES string of the molecule is CNCCS(=O)(=O)Nc1cc(C)ccc1Cl. The summed E-state index contributed by atoms with van der Waals surface area (Å²) in [5, 5.41) is 3.18. The molecule has 0 heterocycles. The van der Waals surface area contributed by atoms with Crippen LogP contribution in [0.25, 0.3) is 0 Å². The van der Waals surface area contributed by atoms with Gasteiger partial charge < -0.3 is 5.32 Å². The van der Waals surface area contributed by atoms with E-state index >= 15 is 0 Å². The molecule has 0 bridgehead atoms. The van der Waals surface area contributed by atoms with Crippen molar-refractivity contribution in [2.24, 2.45) is 0 Å². The van der Waals surface area contributed by atoms with Crippen LogP contribution in [-0.4, -0.2) is 27.8 Å². The van der Waals surface area contributed by atoms with E-state index in [4.69, 9.17) is 11.6 Å². The number of sulfonamides is 1. The normalized spacial score (nSPS) is 11.4. The van der Waals surface area contributed by atoms with Crippen LogP contribution in [0.5, 0.6) is 0 Å². The van der Waals surface area contributed by atoms with Gasteiger partial charge >= 0.3 is 0 Å². The number of rotatable bonds is 5. The van der Waals surface area contributed by atoms with Crippen molar-refractivity contribution in [2.75, 3.05) is 24.1 Å². The number of aryl methyl sites for hydroxylation is 1. The fourth-order valence-corrected chi connectivity index (χ4v) is 2.47. The van der Waals surface area contributed by atoms with Crippen LogP contribution in [0.1, 0.15) is 5.56 Å². The van der Waals surface area contributed by atoms with E-state index in [1.165, 1.54) is 0 Å². The van der Waals surface area contributed by atoms with Crippen LogP contribution in [0.15, 0.2) is 18.2 Å². The molecule has 0 amide bonds. The Bertz CT molecular complexity index is 460. The molecule has 0 atom stereocenters. The highest BCUT2D eigenvalue weighted by molar-refractivity contribution is 7.92. The molecular weight excluding hydrogens is 248 g/mol. The molecule has 0 aromatic heterocycles. The molecule has 0 spiro atoms. The summed E-state index contributed by atoms with van der Waals surface area (Å²) >= 11 is 5.89. The molecule has 90 valence electrons. The van der Waals surface area contributed by atoms with Crippen LogP contribution in [0.4, 0.5) is 5.69 Å². The van der Waals surface area contributed by atoms with Crippen LogP contribution in [-0.2, 0) is 10.0 Å². The maximum Gasteiger partial charge on any atom is 0.234 e. The number of halogens is 1. The van der Waals surface area contributed by atoms with Crippen molar-refractivity contribution in [1.82, 2.24) is 5.32 Å². The number of benzene rings is 1. The third-order valence-electron chi connectivity index (χ3n) is 2.01. The van der Waals surface area contributed by atoms with E-state index in [2.05, 4.69) is 10.0 Å². The summed E-state index contributed by atoms with van der Waals surface area (Å²) in [7, 11) is -1.63. The fourth-order valence-electron chi connectivity index (χ4n) is 1.17. The topological polar surface area (TPSA) is 58.2 Å². The van der Waals surface area contributed by atoms with E-state index in [0.717, 1.165) is 5.56 Å². The van der Waals surface area contributed by atoms with Crippen molar-refractivity contribution >= 4 is 27.3 Å². The van der Waals surface area contributed by atoms with Crippen molar-refractivity contribution in [3.05, 3.63) is 28.8 Å². The molecule has 0 aliphatic heterocycles. The molecule has 0 fully saturated rings. The van der Waals surface area contributed by atoms with E-state index in [9.17, 15) is 8.42 Å². The van der Waals surface area contributed by atoms with E-state index in [-0.39, 0.29) is 5.75 Å². The molecule has 2 N–H and O–H groups in total. The van der Waals surface area contributed by atoms with Gasteiger partial charge in [-0.25, -0.2) is 8.42 Å². The first-order valence-electron chi connectivity index (χ1n) is 4.86. The summed E-state index contributed by atoms with van der Waals surface area (Å²) < 4.78 is 25.7. The van der Waals surface area contributed by atoms with Crippen LogP contribution in [0.3, 0.4) is 0 Å². The molecule has 1 aromatic carbocycles. The first-order chi connectivity index (χ1) is 7.44. The van der Waals surface area contributed by atoms with Gasteiger partial charge in [-0.2, -0.15) is 0 Å². The Kier molecular flexibility index (Phi) is 4.58. The lowest BCUT2D eigenvalue weighted by Crippen LogP contribution is -2.24. The van der Waals surface area contributed by atoms with Gasteiger partial charge in [-0.3, -0.25) is 4.72 Å². The first-order valence-corrected chi connectivity index (χ1v) is 6.89. The second kappa shape index (κ2) is 5.52. The van der Waals surface area contributed by atoms with E-state index < -0.39 is 10.0 Å². The van der Waals surface area contributed by atoms with Gasteiger partial charge in [0.1, 0.15) is 0 Å². The molecule has 0 radical (unpaired) electrons. The van der Waals surface area contributed by atoms with Crippen molar-refractivity contribution in [2.45, 2.75) is 6.92 Å². The minimum atomic E-state index is -3.33. The van der Waals surface area contributed by atoms with Gasteiger partial charge in [0.05, 0.1) is 16.5 Å². The second-order valence-electron chi connectivity index (χ2n) is 3.51. The van der Waals surface area contributed by atoms with Crippen LogP contribution < -0.4 is 10.0 Å². The maximum absolute atomic E-state index is 11.6. The zero-order valence-corrected chi connectivity index (χ0v) is 10.8. The lowest BCUT2D eigenvalue weighted by Gasteiger charge is -2.09. The van der Waals surface area contributed by atoms with Gasteiger partial charge in [-0.1, -0.05) is 17.7 Å². The minimum absolute atomic E-state index is 0.0216. The molecule has 0 unspecified atom stereocenters. The highest BCUT2D eigenvalue weighted by Gasteiger charge is 2.11. The largest absolute Gasteiger partial charge is 0.319 e. The number of hydrogen-bond acceptors (Lipinski definition) is 3. The summed E-state index contributed by atoms with van der Waals surface area (Å²) in [4.78, 5) is 0. The summed E-state index contributed by atoms with van der Waals surface area (Å²) in [5.41, 5.74) is 1.38. The highest BCUT2D eigenvalue weighted by atomic mass is 35.5. The van der Waals surface area contributed by atoms with Gasteiger partial charge in [-0.05, 0) is 31.7 Å². The Morgan fingerprint density at radius 3 is 2.69 bits per heavy atom. The lowest BCUT2D eigenvalue weighted by atomic mass is 10.2. The summed E-state index contributed by atoms with van der Waals surface area (Å²) in [5.74, 6) is 0.0216. The average Bonchev–Trinajstić information content (AvgIpc) is 2.20. The smallest absolute Gasteiger partial charge is 0.234 e. The number of anilines is 1. The van der Waals surface area contributed by atoms with E-state index in [0.29, 0.717) is 17.3 Å². The Labute approximate surface area is 101 Å².